The zero-order valence-corrected chi connectivity index (χ0v) is 25.4. The molecular weight excluding hydrogens is 589 g/mol. The van der Waals surface area contributed by atoms with E-state index in [2.05, 4.69) is 152 Å². The molecule has 14 rings (SSSR count). The third kappa shape index (κ3) is 2.14. The molecule has 48 heavy (non-hydrogen) atoms. The molecule has 1 atom stereocenters. The van der Waals surface area contributed by atoms with Crippen molar-refractivity contribution in [1.82, 2.24) is 8.80 Å². The van der Waals surface area contributed by atoms with Crippen molar-refractivity contribution in [3.05, 3.63) is 145 Å². The van der Waals surface area contributed by atoms with Crippen molar-refractivity contribution in [2.75, 3.05) is 0 Å². The largest absolute Gasteiger partial charge is 0.456 e. The topological polar surface area (TPSA) is 25.8 Å². The normalized spacial score (nSPS) is 17.0. The first-order valence-corrected chi connectivity index (χ1v) is 16.6. The minimum atomic E-state index is -0.726. The van der Waals surface area contributed by atoms with Gasteiger partial charge in [0.25, 0.3) is 11.3 Å². The third-order valence-electron chi connectivity index (χ3n) is 11.8. The molecular formula is C43H22N4O+2. The van der Waals surface area contributed by atoms with Gasteiger partial charge in [-0.25, -0.2) is 0 Å². The van der Waals surface area contributed by atoms with E-state index in [0.717, 1.165) is 11.5 Å². The molecule has 0 fully saturated rings. The summed E-state index contributed by atoms with van der Waals surface area (Å²) in [5.41, 5.74) is 8.93. The van der Waals surface area contributed by atoms with Crippen LogP contribution < -0.4 is 13.9 Å². The van der Waals surface area contributed by atoms with Crippen LogP contribution in [-0.2, 0) is 5.66 Å². The average Bonchev–Trinajstić information content (AvgIpc) is 3.73. The lowest BCUT2D eigenvalue weighted by Gasteiger charge is -2.39. The molecule has 9 heterocycles. The van der Waals surface area contributed by atoms with E-state index in [1.54, 1.807) is 0 Å². The molecule has 5 nitrogen and oxygen atoms in total. The lowest BCUT2D eigenvalue weighted by Crippen LogP contribution is -2.77. The van der Waals surface area contributed by atoms with E-state index in [0.29, 0.717) is 0 Å². The van der Waals surface area contributed by atoms with Crippen LogP contribution in [0.2, 0.25) is 0 Å². The first-order chi connectivity index (χ1) is 23.8. The van der Waals surface area contributed by atoms with Crippen LogP contribution in [0.3, 0.4) is 0 Å². The quantitative estimate of drug-likeness (QED) is 0.0957. The molecule has 1 spiro atoms. The van der Waals surface area contributed by atoms with Crippen molar-refractivity contribution in [1.29, 1.82) is 0 Å². The van der Waals surface area contributed by atoms with Gasteiger partial charge in [0.15, 0.2) is 11.0 Å². The molecule has 6 aromatic heterocycles. The number of fused-ring (bicyclic) bond motifs is 7. The van der Waals surface area contributed by atoms with E-state index in [1.807, 2.05) is 0 Å². The summed E-state index contributed by atoms with van der Waals surface area (Å²) in [6.45, 7) is 0. The van der Waals surface area contributed by atoms with E-state index in [1.165, 1.54) is 98.4 Å². The predicted molar refractivity (Wildman–Crippen MR) is 189 cm³/mol. The Hall–Kier alpha value is -6.46. The van der Waals surface area contributed by atoms with Crippen molar-refractivity contribution in [2.24, 2.45) is 0 Å². The Morgan fingerprint density at radius 1 is 0.438 bits per heavy atom. The van der Waals surface area contributed by atoms with Gasteiger partial charge in [0.2, 0.25) is 0 Å². The summed E-state index contributed by atoms with van der Waals surface area (Å²) < 4.78 is 17.2. The summed E-state index contributed by atoms with van der Waals surface area (Å²) in [6, 6.07) is 45.1. The number of aromatic nitrogens is 4. The number of pyridine rings is 4. The molecule has 5 heteroatoms. The van der Waals surface area contributed by atoms with E-state index in [4.69, 9.17) is 4.74 Å². The van der Waals surface area contributed by atoms with Crippen LogP contribution in [0, 0.1) is 0 Å². The molecule has 0 bridgehead atoms. The zero-order valence-electron chi connectivity index (χ0n) is 25.4. The number of rotatable bonds is 0. The van der Waals surface area contributed by atoms with E-state index < -0.39 is 5.66 Å². The molecule has 11 aromatic rings. The maximum atomic E-state index is 7.07. The number of benzene rings is 5. The Kier molecular flexibility index (Phi) is 3.39. The fourth-order valence-corrected chi connectivity index (χ4v) is 10.1. The highest BCUT2D eigenvalue weighted by atomic mass is 16.5. The van der Waals surface area contributed by atoms with Crippen molar-refractivity contribution in [2.45, 2.75) is 5.66 Å². The lowest BCUT2D eigenvalue weighted by molar-refractivity contribution is -0.953. The summed E-state index contributed by atoms with van der Waals surface area (Å²) in [5, 5.41) is 12.5. The highest BCUT2D eigenvalue weighted by Gasteiger charge is 2.63. The van der Waals surface area contributed by atoms with Crippen LogP contribution >= 0.6 is 0 Å². The fraction of sp³-hybridized carbons (Fsp3) is 0.0233. The second kappa shape index (κ2) is 7.09. The Morgan fingerprint density at radius 3 is 1.60 bits per heavy atom. The van der Waals surface area contributed by atoms with Crippen molar-refractivity contribution >= 4 is 87.2 Å². The maximum absolute atomic E-state index is 7.07. The molecule has 1 unspecified atom stereocenters. The molecule has 0 radical (unpaired) electrons. The van der Waals surface area contributed by atoms with Gasteiger partial charge < -0.3 is 4.74 Å². The van der Waals surface area contributed by atoms with Crippen molar-refractivity contribution < 1.29 is 13.9 Å². The van der Waals surface area contributed by atoms with Gasteiger partial charge in [-0.2, -0.15) is 17.9 Å². The van der Waals surface area contributed by atoms with Gasteiger partial charge in [0.1, 0.15) is 33.7 Å². The fourth-order valence-electron chi connectivity index (χ4n) is 10.1. The van der Waals surface area contributed by atoms with Gasteiger partial charge in [-0.15, -0.1) is 0 Å². The van der Waals surface area contributed by atoms with Crippen molar-refractivity contribution in [3.63, 3.8) is 0 Å². The minimum absolute atomic E-state index is 0.726. The lowest BCUT2D eigenvalue weighted by atomic mass is 9.81. The monoisotopic (exact) mass is 610 g/mol. The summed E-state index contributed by atoms with van der Waals surface area (Å²) in [4.78, 5) is 0. The van der Waals surface area contributed by atoms with Gasteiger partial charge in [0.05, 0.1) is 23.2 Å². The summed E-state index contributed by atoms with van der Waals surface area (Å²) >= 11 is 0. The van der Waals surface area contributed by atoms with E-state index >= 15 is 0 Å². The maximum Gasteiger partial charge on any atom is 0.321 e. The molecule has 0 saturated heterocycles. The Morgan fingerprint density at radius 2 is 0.958 bits per heavy atom. The zero-order chi connectivity index (χ0) is 30.6. The van der Waals surface area contributed by atoms with Gasteiger partial charge in [-0.1, -0.05) is 48.5 Å². The molecule has 0 aliphatic carbocycles. The van der Waals surface area contributed by atoms with Gasteiger partial charge in [0, 0.05) is 33.7 Å². The van der Waals surface area contributed by atoms with Crippen LogP contribution in [0.25, 0.3) is 87.2 Å². The minimum Gasteiger partial charge on any atom is -0.456 e. The van der Waals surface area contributed by atoms with Gasteiger partial charge in [-0.05, 0) is 82.2 Å². The van der Waals surface area contributed by atoms with Crippen LogP contribution in [0.1, 0.15) is 11.1 Å². The number of nitrogens with zero attached hydrogens (tertiary/aromatic N) is 4. The highest BCUT2D eigenvalue weighted by molar-refractivity contribution is 6.21. The van der Waals surface area contributed by atoms with E-state index in [9.17, 15) is 0 Å². The van der Waals surface area contributed by atoms with Crippen LogP contribution in [0.5, 0.6) is 11.5 Å². The van der Waals surface area contributed by atoms with Gasteiger partial charge in [-0.3, -0.25) is 0 Å². The molecule has 0 saturated carbocycles. The number of hydrogen-bond donors (Lipinski definition) is 0. The summed E-state index contributed by atoms with van der Waals surface area (Å²) in [6.07, 6.45) is 4.58. The summed E-state index contributed by atoms with van der Waals surface area (Å²) in [5.74, 6) is 1.81. The molecule has 218 valence electrons. The SMILES string of the molecule is c1ccc2cc3c(cc2c1)c1ccc2c4c1n1c3cc3ccc[n+](c31)C41c3c(ccc4c5ccccc5c5cc6ccc[n+]1c6n5c34)O2. The van der Waals surface area contributed by atoms with Crippen molar-refractivity contribution in [3.8, 4) is 11.5 Å². The Labute approximate surface area is 271 Å². The third-order valence-corrected chi connectivity index (χ3v) is 11.8. The number of hydrogen-bond acceptors (Lipinski definition) is 1. The van der Waals surface area contributed by atoms with Crippen LogP contribution in [0.4, 0.5) is 0 Å². The number of ether oxygens (including phenoxy) is 1. The van der Waals surface area contributed by atoms with Crippen LogP contribution in [0.15, 0.2) is 134 Å². The molecule has 3 aliphatic heterocycles. The second-order valence-corrected chi connectivity index (χ2v) is 13.8. The molecule has 5 aromatic carbocycles. The average molecular weight is 611 g/mol. The molecule has 0 N–H and O–H groups in total. The first kappa shape index (κ1) is 23.0. The smallest absolute Gasteiger partial charge is 0.321 e. The van der Waals surface area contributed by atoms with Gasteiger partial charge >= 0.3 is 5.66 Å². The Balaban J connectivity index is 1.33. The molecule has 3 aliphatic rings. The Bertz CT molecular complexity index is 3440. The van der Waals surface area contributed by atoms with Crippen LogP contribution in [-0.4, -0.2) is 8.80 Å². The molecule has 0 amide bonds. The second-order valence-electron chi connectivity index (χ2n) is 13.8. The summed E-state index contributed by atoms with van der Waals surface area (Å²) in [7, 11) is 0. The predicted octanol–water partition coefficient (Wildman–Crippen LogP) is 8.87. The first-order valence-electron chi connectivity index (χ1n) is 16.6. The standard InChI is InChI=1S/C43H22N4O/c1-2-8-24-20-32-31(19-23(24)7-1)30-14-16-36-38-40(30)47-34(32)22-26-10-6-18-45(42(26)47)43(38)37-35(48-36)15-13-29-27-11-3-4-12-28(27)33-21-25-9-5-17-44(43)41(25)46(33)39(29)37/h1-22H/q+2. The van der Waals surface area contributed by atoms with E-state index in [-0.39, 0.29) is 0 Å². The highest BCUT2D eigenvalue weighted by Crippen LogP contribution is 2.55.